The van der Waals surface area contributed by atoms with Gasteiger partial charge in [-0.05, 0) is 67.6 Å². The summed E-state index contributed by atoms with van der Waals surface area (Å²) in [4.78, 5) is 25.1. The zero-order valence-electron chi connectivity index (χ0n) is 18.2. The first-order valence-corrected chi connectivity index (χ1v) is 11.6. The third-order valence-electron chi connectivity index (χ3n) is 7.78. The molecule has 4 N–H and O–H groups in total. The number of amides is 1. The summed E-state index contributed by atoms with van der Waals surface area (Å²) < 4.78 is 0. The van der Waals surface area contributed by atoms with Crippen molar-refractivity contribution in [2.45, 2.75) is 50.3 Å². The highest BCUT2D eigenvalue weighted by Crippen LogP contribution is 2.56. The number of benzene rings is 1. The first-order valence-electron chi connectivity index (χ1n) is 11.6. The Labute approximate surface area is 191 Å². The molecule has 8 heteroatoms. The average molecular weight is 443 g/mol. The predicted octanol–water partition coefficient (Wildman–Crippen LogP) is 3.11. The summed E-state index contributed by atoms with van der Waals surface area (Å²) in [6, 6.07) is 9.48. The molecule has 0 saturated heterocycles. The molecule has 2 heterocycles. The van der Waals surface area contributed by atoms with E-state index < -0.39 is 5.60 Å². The van der Waals surface area contributed by atoms with Crippen LogP contribution in [-0.2, 0) is 6.54 Å². The molecule has 4 fully saturated rings. The summed E-state index contributed by atoms with van der Waals surface area (Å²) in [7, 11) is 0. The Balaban J connectivity index is 1.27. The number of aromatic amines is 1. The maximum absolute atomic E-state index is 13.2. The second-order valence-electron chi connectivity index (χ2n) is 10.0. The standard InChI is InChI=1S/C25H26N6O2/c26-10-14-1-3-15(4-2-14)11-28-24(32)19-12-27-23-22(29-13-30-23)21(19)31-20-17-5-16-6-18(20)9-25(33,7-16)8-17/h1-4,12-13,16-18,20,33H,5-9,11H2,(H,28,32)(H2,27,29,30,31)/t16?,17?,18?,20-,25+. The SMILES string of the molecule is N#Cc1ccc(CNC(=O)c2cnc3[nH]cnc3c2N[C@H]2C3CC4CC2C[C@@](O)(C4)C3)cc1. The normalized spacial score (nSPS) is 29.7. The first-order chi connectivity index (χ1) is 16.0. The lowest BCUT2D eigenvalue weighted by Crippen LogP contribution is -2.59. The number of carbonyl (C=O) groups excluding carboxylic acids is 1. The summed E-state index contributed by atoms with van der Waals surface area (Å²) in [6.07, 6.45) is 8.05. The van der Waals surface area contributed by atoms with Crippen LogP contribution in [0.25, 0.3) is 11.2 Å². The third kappa shape index (κ3) is 3.53. The molecule has 3 aromatic rings. The van der Waals surface area contributed by atoms with Crippen molar-refractivity contribution in [2.24, 2.45) is 17.8 Å². The minimum absolute atomic E-state index is 0.217. The molecule has 4 saturated carbocycles. The smallest absolute Gasteiger partial charge is 0.255 e. The second-order valence-corrected chi connectivity index (χ2v) is 10.0. The van der Waals surface area contributed by atoms with Gasteiger partial charge in [-0.2, -0.15) is 5.26 Å². The lowest BCUT2D eigenvalue weighted by atomic mass is 9.52. The molecule has 4 aliphatic rings. The van der Waals surface area contributed by atoms with Crippen molar-refractivity contribution in [1.29, 1.82) is 5.26 Å². The van der Waals surface area contributed by atoms with Crippen LogP contribution in [0.15, 0.2) is 36.8 Å². The number of nitriles is 1. The maximum Gasteiger partial charge on any atom is 0.255 e. The lowest BCUT2D eigenvalue weighted by Gasteiger charge is -2.58. The fraction of sp³-hybridized carbons (Fsp3) is 0.440. The summed E-state index contributed by atoms with van der Waals surface area (Å²) in [5.74, 6) is 1.20. The van der Waals surface area contributed by atoms with Gasteiger partial charge >= 0.3 is 0 Å². The number of rotatable bonds is 5. The zero-order chi connectivity index (χ0) is 22.6. The van der Waals surface area contributed by atoms with Crippen molar-refractivity contribution < 1.29 is 9.90 Å². The van der Waals surface area contributed by atoms with E-state index in [0.29, 0.717) is 52.3 Å². The van der Waals surface area contributed by atoms with Gasteiger partial charge in [0.25, 0.3) is 5.91 Å². The molecule has 33 heavy (non-hydrogen) atoms. The number of aliphatic hydroxyl groups is 1. The molecule has 0 radical (unpaired) electrons. The van der Waals surface area contributed by atoms with Crippen LogP contribution in [0.2, 0.25) is 0 Å². The molecule has 0 aliphatic heterocycles. The molecule has 8 nitrogen and oxygen atoms in total. The van der Waals surface area contributed by atoms with Crippen LogP contribution in [0.4, 0.5) is 5.69 Å². The molecule has 1 amide bonds. The van der Waals surface area contributed by atoms with E-state index in [2.05, 4.69) is 31.7 Å². The number of aromatic nitrogens is 3. The summed E-state index contributed by atoms with van der Waals surface area (Å²) in [5.41, 5.74) is 3.48. The Bertz CT molecular complexity index is 1240. The van der Waals surface area contributed by atoms with E-state index in [1.54, 1.807) is 24.7 Å². The van der Waals surface area contributed by atoms with Gasteiger partial charge < -0.3 is 20.7 Å². The first kappa shape index (κ1) is 20.2. The molecular weight excluding hydrogens is 416 g/mol. The lowest BCUT2D eigenvalue weighted by molar-refractivity contribution is -0.129. The molecule has 168 valence electrons. The number of imidazole rings is 1. The number of pyridine rings is 1. The summed E-state index contributed by atoms with van der Waals surface area (Å²) >= 11 is 0. The number of nitrogens with one attached hydrogen (secondary N) is 3. The monoisotopic (exact) mass is 442 g/mol. The summed E-state index contributed by atoms with van der Waals surface area (Å²) in [6.45, 7) is 0.353. The van der Waals surface area contributed by atoms with Gasteiger partial charge in [0, 0.05) is 18.8 Å². The molecule has 2 atom stereocenters. The highest BCUT2D eigenvalue weighted by molar-refractivity contribution is 6.05. The number of H-pyrrole nitrogens is 1. The fourth-order valence-electron chi connectivity index (χ4n) is 6.57. The molecule has 0 spiro atoms. The number of fused-ring (bicyclic) bond motifs is 1. The molecule has 4 bridgehead atoms. The van der Waals surface area contributed by atoms with Gasteiger partial charge in [-0.1, -0.05) is 12.1 Å². The molecular formula is C25H26N6O2. The third-order valence-corrected chi connectivity index (χ3v) is 7.78. The average Bonchev–Trinajstić information content (AvgIpc) is 3.28. The van der Waals surface area contributed by atoms with E-state index in [0.717, 1.165) is 37.7 Å². The van der Waals surface area contributed by atoms with Gasteiger partial charge in [0.15, 0.2) is 5.65 Å². The molecule has 2 unspecified atom stereocenters. The van der Waals surface area contributed by atoms with Gasteiger partial charge in [-0.15, -0.1) is 0 Å². The van der Waals surface area contributed by atoms with E-state index in [-0.39, 0.29) is 11.9 Å². The Kier molecular flexibility index (Phi) is 4.63. The van der Waals surface area contributed by atoms with Gasteiger partial charge in [-0.3, -0.25) is 4.79 Å². The van der Waals surface area contributed by atoms with E-state index in [4.69, 9.17) is 5.26 Å². The van der Waals surface area contributed by atoms with Crippen molar-refractivity contribution in [3.05, 3.63) is 53.5 Å². The van der Waals surface area contributed by atoms with Crippen LogP contribution in [0.5, 0.6) is 0 Å². The van der Waals surface area contributed by atoms with Crippen LogP contribution < -0.4 is 10.6 Å². The van der Waals surface area contributed by atoms with Crippen LogP contribution in [0, 0.1) is 29.1 Å². The van der Waals surface area contributed by atoms with Crippen molar-refractivity contribution in [3.8, 4) is 6.07 Å². The van der Waals surface area contributed by atoms with Crippen molar-refractivity contribution in [1.82, 2.24) is 20.3 Å². The summed E-state index contributed by atoms with van der Waals surface area (Å²) in [5, 5.41) is 26.6. The van der Waals surface area contributed by atoms with E-state index >= 15 is 0 Å². The number of carbonyl (C=O) groups is 1. The maximum atomic E-state index is 13.2. The van der Waals surface area contributed by atoms with Crippen molar-refractivity contribution in [2.75, 3.05) is 5.32 Å². The highest BCUT2D eigenvalue weighted by atomic mass is 16.3. The van der Waals surface area contributed by atoms with Crippen molar-refractivity contribution >= 4 is 22.8 Å². The van der Waals surface area contributed by atoms with Gasteiger partial charge in [0.2, 0.25) is 0 Å². The van der Waals surface area contributed by atoms with Crippen LogP contribution in [0.3, 0.4) is 0 Å². The minimum Gasteiger partial charge on any atom is -0.390 e. The van der Waals surface area contributed by atoms with Gasteiger partial charge in [0.05, 0.1) is 34.8 Å². The number of hydrogen-bond donors (Lipinski definition) is 4. The number of anilines is 1. The van der Waals surface area contributed by atoms with E-state index in [1.807, 2.05) is 12.1 Å². The largest absolute Gasteiger partial charge is 0.390 e. The Morgan fingerprint density at radius 3 is 2.64 bits per heavy atom. The highest BCUT2D eigenvalue weighted by Gasteiger charge is 2.54. The zero-order valence-corrected chi connectivity index (χ0v) is 18.2. The van der Waals surface area contributed by atoms with Crippen LogP contribution in [-0.4, -0.2) is 37.6 Å². The van der Waals surface area contributed by atoms with Crippen LogP contribution >= 0.6 is 0 Å². The topological polar surface area (TPSA) is 127 Å². The minimum atomic E-state index is -0.504. The Hall–Kier alpha value is -3.44. The number of nitrogens with zero attached hydrogens (tertiary/aromatic N) is 3. The van der Waals surface area contributed by atoms with E-state index in [9.17, 15) is 9.90 Å². The Morgan fingerprint density at radius 1 is 1.18 bits per heavy atom. The van der Waals surface area contributed by atoms with E-state index in [1.165, 1.54) is 0 Å². The quantitative estimate of drug-likeness (QED) is 0.481. The molecule has 2 aromatic heterocycles. The molecule has 4 aliphatic carbocycles. The number of hydrogen-bond acceptors (Lipinski definition) is 6. The second kappa shape index (κ2) is 7.56. The molecule has 7 rings (SSSR count). The van der Waals surface area contributed by atoms with Gasteiger partial charge in [0.1, 0.15) is 5.52 Å². The predicted molar refractivity (Wildman–Crippen MR) is 122 cm³/mol. The van der Waals surface area contributed by atoms with Crippen molar-refractivity contribution in [3.63, 3.8) is 0 Å². The molecule has 1 aromatic carbocycles. The Morgan fingerprint density at radius 2 is 1.94 bits per heavy atom. The van der Waals surface area contributed by atoms with Gasteiger partial charge in [-0.25, -0.2) is 9.97 Å². The van der Waals surface area contributed by atoms with Crippen LogP contribution in [0.1, 0.15) is 53.6 Å². The fourth-order valence-corrected chi connectivity index (χ4v) is 6.57.